The number of oxime groups is 1. The van der Waals surface area contributed by atoms with Gasteiger partial charge in [0, 0.05) is 18.2 Å². The predicted octanol–water partition coefficient (Wildman–Crippen LogP) is 1.83. The maximum atomic E-state index is 11.4. The van der Waals surface area contributed by atoms with E-state index in [2.05, 4.69) is 10.5 Å². The number of hydrogen-bond acceptors (Lipinski definition) is 5. The van der Waals surface area contributed by atoms with Crippen LogP contribution in [0.15, 0.2) is 23.4 Å². The number of carbonyl (C=O) groups excluding carboxylic acids is 1. The highest BCUT2D eigenvalue weighted by Gasteiger charge is 2.04. The lowest BCUT2D eigenvalue weighted by Gasteiger charge is -2.07. The molecule has 0 saturated heterocycles. The maximum absolute atomic E-state index is 11.4. The van der Waals surface area contributed by atoms with Crippen molar-refractivity contribution in [2.75, 3.05) is 27.4 Å². The number of amides is 1. The number of methoxy groups -OCH3 is 2. The first-order valence-corrected chi connectivity index (χ1v) is 6.71. The molecule has 6 nitrogen and oxygen atoms in total. The molecule has 0 radical (unpaired) electrons. The molecule has 1 aromatic rings. The van der Waals surface area contributed by atoms with Gasteiger partial charge >= 0.3 is 0 Å². The molecule has 0 aliphatic rings. The highest BCUT2D eigenvalue weighted by molar-refractivity contribution is 5.83. The summed E-state index contributed by atoms with van der Waals surface area (Å²) in [7, 11) is 3.15. The summed E-state index contributed by atoms with van der Waals surface area (Å²) < 4.78 is 10.3. The lowest BCUT2D eigenvalue weighted by molar-refractivity contribution is -0.125. The van der Waals surface area contributed by atoms with E-state index in [0.717, 1.165) is 5.56 Å². The molecule has 1 rings (SSSR count). The smallest absolute Gasteiger partial charge is 0.260 e. The van der Waals surface area contributed by atoms with Gasteiger partial charge in [0.2, 0.25) is 0 Å². The molecule has 0 bridgehead atoms. The second-order valence-electron chi connectivity index (χ2n) is 4.81. The summed E-state index contributed by atoms with van der Waals surface area (Å²) in [6.45, 7) is 4.56. The van der Waals surface area contributed by atoms with Crippen LogP contribution >= 0.6 is 0 Å². The second-order valence-corrected chi connectivity index (χ2v) is 4.81. The highest BCUT2D eigenvalue weighted by atomic mass is 16.6. The maximum Gasteiger partial charge on any atom is 0.260 e. The van der Waals surface area contributed by atoms with Crippen molar-refractivity contribution >= 4 is 12.1 Å². The molecule has 1 amide bonds. The van der Waals surface area contributed by atoms with Crippen LogP contribution in [0.5, 0.6) is 11.5 Å². The Morgan fingerprint density at radius 1 is 1.33 bits per heavy atom. The van der Waals surface area contributed by atoms with Crippen molar-refractivity contribution in [2.24, 2.45) is 11.1 Å². The van der Waals surface area contributed by atoms with Gasteiger partial charge in [-0.3, -0.25) is 4.79 Å². The van der Waals surface area contributed by atoms with Crippen molar-refractivity contribution < 1.29 is 19.1 Å². The Bertz CT molecular complexity index is 487. The van der Waals surface area contributed by atoms with E-state index in [1.54, 1.807) is 32.4 Å². The average Bonchev–Trinajstić information content (AvgIpc) is 2.49. The number of carbonyl (C=O) groups is 1. The SMILES string of the molecule is COc1ccc(/C=N\OCC(=O)NCC(C)C)c(OC)c1. The molecular weight excluding hydrogens is 272 g/mol. The molecule has 0 spiro atoms. The zero-order valence-corrected chi connectivity index (χ0v) is 12.9. The van der Waals surface area contributed by atoms with E-state index in [-0.39, 0.29) is 12.5 Å². The Labute approximate surface area is 125 Å². The summed E-state index contributed by atoms with van der Waals surface area (Å²) in [5.41, 5.74) is 0.737. The van der Waals surface area contributed by atoms with Gasteiger partial charge in [0.05, 0.1) is 20.4 Å². The third-order valence-corrected chi connectivity index (χ3v) is 2.61. The van der Waals surface area contributed by atoms with Crippen LogP contribution in [0.2, 0.25) is 0 Å². The minimum atomic E-state index is -0.192. The molecule has 0 fully saturated rings. The predicted molar refractivity (Wildman–Crippen MR) is 80.9 cm³/mol. The van der Waals surface area contributed by atoms with Gasteiger partial charge in [0.25, 0.3) is 5.91 Å². The van der Waals surface area contributed by atoms with E-state index in [1.807, 2.05) is 13.8 Å². The minimum absolute atomic E-state index is 0.109. The van der Waals surface area contributed by atoms with E-state index in [4.69, 9.17) is 14.3 Å². The first-order valence-electron chi connectivity index (χ1n) is 6.71. The summed E-state index contributed by atoms with van der Waals surface area (Å²) in [6.07, 6.45) is 1.49. The molecule has 116 valence electrons. The van der Waals surface area contributed by atoms with E-state index in [1.165, 1.54) is 6.21 Å². The van der Waals surface area contributed by atoms with Crippen LogP contribution in [0.1, 0.15) is 19.4 Å². The Morgan fingerprint density at radius 2 is 2.10 bits per heavy atom. The Hall–Kier alpha value is -2.24. The molecule has 0 saturated carbocycles. The molecule has 0 heterocycles. The normalized spacial score (nSPS) is 10.7. The minimum Gasteiger partial charge on any atom is -0.497 e. The van der Waals surface area contributed by atoms with E-state index < -0.39 is 0 Å². The molecule has 6 heteroatoms. The summed E-state index contributed by atoms with van der Waals surface area (Å²) in [5.74, 6) is 1.52. The van der Waals surface area contributed by atoms with Gasteiger partial charge in [-0.15, -0.1) is 0 Å². The van der Waals surface area contributed by atoms with Crippen LogP contribution in [0, 0.1) is 5.92 Å². The van der Waals surface area contributed by atoms with Crippen molar-refractivity contribution in [1.82, 2.24) is 5.32 Å². The topological polar surface area (TPSA) is 69.2 Å². The van der Waals surface area contributed by atoms with Crippen LogP contribution in [-0.2, 0) is 9.63 Å². The van der Waals surface area contributed by atoms with Gasteiger partial charge in [-0.1, -0.05) is 19.0 Å². The molecule has 0 aliphatic heterocycles. The van der Waals surface area contributed by atoms with Gasteiger partial charge in [-0.05, 0) is 18.1 Å². The third kappa shape index (κ3) is 6.16. The molecule has 21 heavy (non-hydrogen) atoms. The lowest BCUT2D eigenvalue weighted by Crippen LogP contribution is -2.30. The summed E-state index contributed by atoms with van der Waals surface area (Å²) in [6, 6.07) is 5.33. The van der Waals surface area contributed by atoms with Gasteiger partial charge < -0.3 is 19.6 Å². The average molecular weight is 294 g/mol. The fourth-order valence-corrected chi connectivity index (χ4v) is 1.48. The Kier molecular flexibility index (Phi) is 7.08. The van der Waals surface area contributed by atoms with Gasteiger partial charge in [0.15, 0.2) is 6.61 Å². The van der Waals surface area contributed by atoms with Crippen LogP contribution < -0.4 is 14.8 Å². The highest BCUT2D eigenvalue weighted by Crippen LogP contribution is 2.23. The number of nitrogens with one attached hydrogen (secondary N) is 1. The zero-order chi connectivity index (χ0) is 15.7. The van der Waals surface area contributed by atoms with Crippen LogP contribution in [0.3, 0.4) is 0 Å². The number of ether oxygens (including phenoxy) is 2. The number of nitrogens with zero attached hydrogens (tertiary/aromatic N) is 1. The monoisotopic (exact) mass is 294 g/mol. The van der Waals surface area contributed by atoms with Gasteiger partial charge in [0.1, 0.15) is 11.5 Å². The molecule has 0 atom stereocenters. The molecule has 0 aliphatic carbocycles. The van der Waals surface area contributed by atoms with Crippen LogP contribution in [-0.4, -0.2) is 39.5 Å². The number of benzene rings is 1. The van der Waals surface area contributed by atoms with E-state index in [9.17, 15) is 4.79 Å². The quantitative estimate of drug-likeness (QED) is 0.586. The van der Waals surface area contributed by atoms with E-state index >= 15 is 0 Å². The van der Waals surface area contributed by atoms with Crippen molar-refractivity contribution in [3.63, 3.8) is 0 Å². The van der Waals surface area contributed by atoms with Gasteiger partial charge in [-0.2, -0.15) is 0 Å². The fourth-order valence-electron chi connectivity index (χ4n) is 1.48. The molecule has 1 aromatic carbocycles. The third-order valence-electron chi connectivity index (χ3n) is 2.61. The Morgan fingerprint density at radius 3 is 2.71 bits per heavy atom. The summed E-state index contributed by atoms with van der Waals surface area (Å²) in [4.78, 5) is 16.4. The molecular formula is C15H22N2O4. The zero-order valence-electron chi connectivity index (χ0n) is 12.9. The second kappa shape index (κ2) is 8.84. The first-order chi connectivity index (χ1) is 10.1. The fraction of sp³-hybridized carbons (Fsp3) is 0.467. The van der Waals surface area contributed by atoms with E-state index in [0.29, 0.717) is 24.0 Å². The van der Waals surface area contributed by atoms with Crippen LogP contribution in [0.25, 0.3) is 0 Å². The molecule has 1 N–H and O–H groups in total. The molecule has 0 aromatic heterocycles. The number of hydrogen-bond donors (Lipinski definition) is 1. The van der Waals surface area contributed by atoms with Crippen molar-refractivity contribution in [1.29, 1.82) is 0 Å². The summed E-state index contributed by atoms with van der Waals surface area (Å²) >= 11 is 0. The molecule has 0 unspecified atom stereocenters. The van der Waals surface area contributed by atoms with Crippen molar-refractivity contribution in [3.05, 3.63) is 23.8 Å². The largest absolute Gasteiger partial charge is 0.497 e. The van der Waals surface area contributed by atoms with Crippen LogP contribution in [0.4, 0.5) is 0 Å². The standard InChI is InChI=1S/C15H22N2O4/c1-11(2)8-16-15(18)10-21-17-9-12-5-6-13(19-3)7-14(12)20-4/h5-7,9,11H,8,10H2,1-4H3,(H,16,18)/b17-9-. The van der Waals surface area contributed by atoms with Gasteiger partial charge in [-0.25, -0.2) is 0 Å². The van der Waals surface area contributed by atoms with Crippen molar-refractivity contribution in [2.45, 2.75) is 13.8 Å². The number of rotatable bonds is 8. The van der Waals surface area contributed by atoms with Crippen molar-refractivity contribution in [3.8, 4) is 11.5 Å². The first kappa shape index (κ1) is 16.8. The summed E-state index contributed by atoms with van der Waals surface area (Å²) in [5, 5.41) is 6.51. The lowest BCUT2D eigenvalue weighted by atomic mass is 10.2. The Balaban J connectivity index is 2.48.